The summed E-state index contributed by atoms with van der Waals surface area (Å²) >= 11 is 0. The lowest BCUT2D eigenvalue weighted by molar-refractivity contribution is -0.197. The second-order valence-electron chi connectivity index (χ2n) is 6.03. The van der Waals surface area contributed by atoms with Crippen LogP contribution in [-0.2, 0) is 14.8 Å². The molecule has 1 aromatic rings. The fourth-order valence-electron chi connectivity index (χ4n) is 3.09. The van der Waals surface area contributed by atoms with Crippen molar-refractivity contribution in [2.45, 2.75) is 36.8 Å². The number of carbonyl (C=O) groups is 1. The molecule has 0 radical (unpaired) electrons. The lowest BCUT2D eigenvalue weighted by atomic mass is 9.78. The summed E-state index contributed by atoms with van der Waals surface area (Å²) in [6.07, 6.45) is -3.93. The number of rotatable bonds is 5. The average Bonchev–Trinajstić information content (AvgIpc) is 2.59. The molecular weight excluding hydrogens is 375 g/mol. The fraction of sp³-hybridized carbons (Fsp3) is 0.562. The molecule has 0 saturated heterocycles. The Bertz CT molecular complexity index is 764. The van der Waals surface area contributed by atoms with Gasteiger partial charge in [0.05, 0.1) is 31.0 Å². The first-order chi connectivity index (χ1) is 12.1. The lowest BCUT2D eigenvalue weighted by Gasteiger charge is -2.31. The van der Waals surface area contributed by atoms with Crippen molar-refractivity contribution < 1.29 is 35.9 Å². The number of methoxy groups -OCH3 is 2. The number of halogens is 3. The summed E-state index contributed by atoms with van der Waals surface area (Å²) in [6.45, 7) is 0. The molecule has 146 valence electrons. The topological polar surface area (TPSA) is 81.7 Å². The molecule has 1 aliphatic rings. The minimum atomic E-state index is -4.55. The number of carbonyl (C=O) groups excluding carboxylic acids is 1. The van der Waals surface area contributed by atoms with Crippen LogP contribution in [0, 0.1) is 11.8 Å². The molecule has 6 nitrogen and oxygen atoms in total. The van der Waals surface area contributed by atoms with Gasteiger partial charge in [0.15, 0.2) is 11.5 Å². The number of hydrogen-bond acceptors (Lipinski definition) is 5. The van der Waals surface area contributed by atoms with E-state index in [0.29, 0.717) is 12.8 Å². The van der Waals surface area contributed by atoms with Crippen LogP contribution < -0.4 is 14.2 Å². The lowest BCUT2D eigenvalue weighted by Crippen LogP contribution is -2.44. The van der Waals surface area contributed by atoms with Gasteiger partial charge < -0.3 is 9.47 Å². The molecule has 2 rings (SSSR count). The quantitative estimate of drug-likeness (QED) is 0.829. The second kappa shape index (κ2) is 7.73. The first-order valence-electron chi connectivity index (χ1n) is 7.95. The van der Waals surface area contributed by atoms with E-state index in [0.717, 1.165) is 6.07 Å². The Hall–Kier alpha value is -1.97. The van der Waals surface area contributed by atoms with Crippen molar-refractivity contribution in [1.82, 2.24) is 4.72 Å². The molecule has 1 aromatic carbocycles. The third kappa shape index (κ3) is 4.40. The van der Waals surface area contributed by atoms with E-state index >= 15 is 0 Å². The minimum Gasteiger partial charge on any atom is -0.493 e. The smallest absolute Gasteiger partial charge is 0.392 e. The van der Waals surface area contributed by atoms with E-state index in [-0.39, 0.29) is 29.2 Å². The van der Waals surface area contributed by atoms with Gasteiger partial charge in [-0.2, -0.15) is 13.2 Å². The van der Waals surface area contributed by atoms with E-state index in [1.165, 1.54) is 26.4 Å². The van der Waals surface area contributed by atoms with Gasteiger partial charge in [-0.1, -0.05) is 12.8 Å². The van der Waals surface area contributed by atoms with Gasteiger partial charge in [-0.05, 0) is 25.0 Å². The summed E-state index contributed by atoms with van der Waals surface area (Å²) in [5, 5.41) is 0. The van der Waals surface area contributed by atoms with E-state index in [1.54, 1.807) is 4.72 Å². The van der Waals surface area contributed by atoms with Crippen molar-refractivity contribution in [2.24, 2.45) is 11.8 Å². The maximum absolute atomic E-state index is 13.1. The van der Waals surface area contributed by atoms with Crippen molar-refractivity contribution >= 4 is 15.9 Å². The van der Waals surface area contributed by atoms with Crippen molar-refractivity contribution in [3.05, 3.63) is 18.2 Å². The zero-order chi connectivity index (χ0) is 19.5. The van der Waals surface area contributed by atoms with Crippen molar-refractivity contribution in [2.75, 3.05) is 14.2 Å². The molecule has 1 saturated carbocycles. The highest BCUT2D eigenvalue weighted by Gasteiger charge is 2.48. The molecule has 1 fully saturated rings. The largest absolute Gasteiger partial charge is 0.493 e. The summed E-state index contributed by atoms with van der Waals surface area (Å²) in [5.41, 5.74) is 0. The first-order valence-corrected chi connectivity index (χ1v) is 9.44. The van der Waals surface area contributed by atoms with E-state index in [9.17, 15) is 26.4 Å². The highest BCUT2D eigenvalue weighted by Crippen LogP contribution is 2.41. The Kier molecular flexibility index (Phi) is 6.05. The standard InChI is InChI=1S/C16H20F3NO5S/c1-24-13-8-7-10(9-14(13)25-2)26(22,23)20-15(21)11-5-3-4-6-12(11)16(17,18)19/h7-9,11-12H,3-6H2,1-2H3,(H,20,21)/t11-,12-/m1/s1. The van der Waals surface area contributed by atoms with Gasteiger partial charge in [-0.3, -0.25) is 4.79 Å². The molecule has 0 unspecified atom stereocenters. The average molecular weight is 395 g/mol. The van der Waals surface area contributed by atoms with Crippen molar-refractivity contribution in [1.29, 1.82) is 0 Å². The van der Waals surface area contributed by atoms with E-state index < -0.39 is 33.9 Å². The molecule has 0 spiro atoms. The van der Waals surface area contributed by atoms with Crippen LogP contribution in [0.15, 0.2) is 23.1 Å². The van der Waals surface area contributed by atoms with Crippen LogP contribution in [0.25, 0.3) is 0 Å². The number of benzene rings is 1. The minimum absolute atomic E-state index is 0.00252. The number of amides is 1. The van der Waals surface area contributed by atoms with E-state index in [2.05, 4.69) is 0 Å². The van der Waals surface area contributed by atoms with Crippen LogP contribution in [0.3, 0.4) is 0 Å². The van der Waals surface area contributed by atoms with Crippen LogP contribution >= 0.6 is 0 Å². The van der Waals surface area contributed by atoms with Crippen molar-refractivity contribution in [3.8, 4) is 11.5 Å². The third-order valence-electron chi connectivity index (χ3n) is 4.42. The Balaban J connectivity index is 2.24. The molecule has 2 atom stereocenters. The fourth-order valence-corrected chi connectivity index (χ4v) is 4.13. The predicted molar refractivity (Wildman–Crippen MR) is 86.4 cm³/mol. The third-order valence-corrected chi connectivity index (χ3v) is 5.77. The highest BCUT2D eigenvalue weighted by molar-refractivity contribution is 7.90. The summed E-state index contributed by atoms with van der Waals surface area (Å²) in [7, 11) is -1.66. The predicted octanol–water partition coefficient (Wildman–Crippen LogP) is 2.88. The molecule has 1 aliphatic carbocycles. The van der Waals surface area contributed by atoms with Gasteiger partial charge in [-0.25, -0.2) is 13.1 Å². The maximum atomic E-state index is 13.1. The summed E-state index contributed by atoms with van der Waals surface area (Å²) in [6, 6.07) is 3.65. The Morgan fingerprint density at radius 1 is 1.12 bits per heavy atom. The number of alkyl halides is 3. The van der Waals surface area contributed by atoms with Crippen molar-refractivity contribution in [3.63, 3.8) is 0 Å². The Morgan fingerprint density at radius 2 is 1.73 bits per heavy atom. The molecule has 0 heterocycles. The summed E-state index contributed by atoms with van der Waals surface area (Å²) in [5.74, 6) is -3.99. The van der Waals surface area contributed by atoms with Crippen LogP contribution in [0.4, 0.5) is 13.2 Å². The molecule has 0 aromatic heterocycles. The number of hydrogen-bond donors (Lipinski definition) is 1. The summed E-state index contributed by atoms with van der Waals surface area (Å²) in [4.78, 5) is 12.0. The molecule has 1 amide bonds. The van der Waals surface area contributed by atoms with Crippen LogP contribution in [0.2, 0.25) is 0 Å². The van der Waals surface area contributed by atoms with Gasteiger partial charge >= 0.3 is 6.18 Å². The molecular formula is C16H20F3NO5S. The Morgan fingerprint density at radius 3 is 2.31 bits per heavy atom. The van der Waals surface area contributed by atoms with Crippen LogP contribution in [0.1, 0.15) is 25.7 Å². The van der Waals surface area contributed by atoms with Gasteiger partial charge in [-0.15, -0.1) is 0 Å². The molecule has 10 heteroatoms. The highest BCUT2D eigenvalue weighted by atomic mass is 32.2. The van der Waals surface area contributed by atoms with Crippen LogP contribution in [0.5, 0.6) is 11.5 Å². The SMILES string of the molecule is COc1ccc(S(=O)(=O)NC(=O)[C@@H]2CCCC[C@H]2C(F)(F)F)cc1OC. The van der Waals surface area contributed by atoms with E-state index in [1.807, 2.05) is 0 Å². The molecule has 0 bridgehead atoms. The first kappa shape index (κ1) is 20.3. The molecule has 1 N–H and O–H groups in total. The second-order valence-corrected chi connectivity index (χ2v) is 7.71. The van der Waals surface area contributed by atoms with Gasteiger partial charge in [0, 0.05) is 6.07 Å². The maximum Gasteiger partial charge on any atom is 0.392 e. The van der Waals surface area contributed by atoms with Gasteiger partial charge in [0.1, 0.15) is 0 Å². The number of nitrogens with one attached hydrogen (secondary N) is 1. The Labute approximate surface area is 149 Å². The molecule has 26 heavy (non-hydrogen) atoms. The normalized spacial score (nSPS) is 21.1. The number of ether oxygens (including phenoxy) is 2. The van der Waals surface area contributed by atoms with E-state index in [4.69, 9.17) is 9.47 Å². The zero-order valence-corrected chi connectivity index (χ0v) is 15.1. The van der Waals surface area contributed by atoms with Gasteiger partial charge in [0.25, 0.3) is 10.0 Å². The monoisotopic (exact) mass is 395 g/mol. The number of sulfonamides is 1. The zero-order valence-electron chi connectivity index (χ0n) is 14.3. The molecule has 0 aliphatic heterocycles. The van der Waals surface area contributed by atoms with Crippen LogP contribution in [-0.4, -0.2) is 34.7 Å². The van der Waals surface area contributed by atoms with Gasteiger partial charge in [0.2, 0.25) is 5.91 Å². The summed E-state index contributed by atoms with van der Waals surface area (Å²) < 4.78 is 76.0.